The lowest BCUT2D eigenvalue weighted by Crippen LogP contribution is -2.52. The molecule has 0 atom stereocenters. The Hall–Kier alpha value is -1.27. The van der Waals surface area contributed by atoms with E-state index < -0.39 is 11.5 Å². The molecule has 1 aliphatic rings. The van der Waals surface area contributed by atoms with Gasteiger partial charge in [0, 0.05) is 37.8 Å². The molecular weight excluding hydrogens is 266 g/mol. The van der Waals surface area contributed by atoms with Crippen molar-refractivity contribution < 1.29 is 18.3 Å². The number of ether oxygens (including phenoxy) is 2. The number of halogens is 2. The number of nitrogens with zero attached hydrogens (tertiary/aromatic N) is 2. The Labute approximate surface area is 117 Å². The lowest BCUT2D eigenvalue weighted by atomic mass is 9.73. The summed E-state index contributed by atoms with van der Waals surface area (Å²) in [5.74, 6) is -2.71. The normalized spacial score (nSPS) is 19.6. The molecule has 1 aromatic heterocycles. The van der Waals surface area contributed by atoms with E-state index in [4.69, 9.17) is 9.47 Å². The van der Waals surface area contributed by atoms with Crippen molar-refractivity contribution in [3.63, 3.8) is 0 Å². The van der Waals surface area contributed by atoms with Crippen molar-refractivity contribution in [1.82, 2.24) is 9.78 Å². The SMILES string of the molecule is C=Cc1c(C2(OCOCC)CC(F)(F)C2)nn(C)c1C. The molecule has 2 rings (SSSR count). The summed E-state index contributed by atoms with van der Waals surface area (Å²) < 4.78 is 39.2. The molecule has 0 saturated heterocycles. The zero-order valence-electron chi connectivity index (χ0n) is 12.1. The van der Waals surface area contributed by atoms with Crippen molar-refractivity contribution >= 4 is 6.08 Å². The molecule has 1 aliphatic carbocycles. The minimum atomic E-state index is -2.71. The summed E-state index contributed by atoms with van der Waals surface area (Å²) in [5, 5.41) is 4.35. The Morgan fingerprint density at radius 3 is 2.60 bits per heavy atom. The molecule has 4 nitrogen and oxygen atoms in total. The van der Waals surface area contributed by atoms with E-state index in [1.54, 1.807) is 17.8 Å². The first-order valence-electron chi connectivity index (χ1n) is 6.61. The minimum Gasteiger partial charge on any atom is -0.356 e. The van der Waals surface area contributed by atoms with Crippen LogP contribution in [0.3, 0.4) is 0 Å². The highest BCUT2D eigenvalue weighted by Crippen LogP contribution is 2.54. The Bertz CT molecular complexity index is 504. The molecule has 1 aromatic rings. The van der Waals surface area contributed by atoms with Gasteiger partial charge in [-0.3, -0.25) is 4.68 Å². The summed E-state index contributed by atoms with van der Waals surface area (Å²) in [6.07, 6.45) is 0.897. The van der Waals surface area contributed by atoms with Crippen molar-refractivity contribution in [3.05, 3.63) is 23.5 Å². The molecule has 1 fully saturated rings. The molecule has 0 unspecified atom stereocenters. The van der Waals surface area contributed by atoms with Crippen LogP contribution >= 0.6 is 0 Å². The maximum Gasteiger partial charge on any atom is 0.254 e. The molecule has 0 amide bonds. The van der Waals surface area contributed by atoms with Gasteiger partial charge in [-0.25, -0.2) is 8.78 Å². The monoisotopic (exact) mass is 286 g/mol. The van der Waals surface area contributed by atoms with Gasteiger partial charge in [0.25, 0.3) is 5.92 Å². The van der Waals surface area contributed by atoms with Crippen LogP contribution in [-0.4, -0.2) is 29.1 Å². The van der Waals surface area contributed by atoms with E-state index in [2.05, 4.69) is 11.7 Å². The molecule has 0 aromatic carbocycles. The number of hydrogen-bond acceptors (Lipinski definition) is 3. The van der Waals surface area contributed by atoms with Crippen LogP contribution < -0.4 is 0 Å². The zero-order valence-corrected chi connectivity index (χ0v) is 12.1. The number of aryl methyl sites for hydroxylation is 1. The topological polar surface area (TPSA) is 36.3 Å². The van der Waals surface area contributed by atoms with E-state index in [1.807, 2.05) is 13.8 Å². The minimum absolute atomic E-state index is 0.0151. The van der Waals surface area contributed by atoms with Crippen LogP contribution in [-0.2, 0) is 22.1 Å². The predicted molar refractivity (Wildman–Crippen MR) is 71.5 cm³/mol. The summed E-state index contributed by atoms with van der Waals surface area (Å²) in [7, 11) is 1.78. The van der Waals surface area contributed by atoms with Gasteiger partial charge in [-0.1, -0.05) is 12.7 Å². The molecule has 0 aliphatic heterocycles. The molecule has 6 heteroatoms. The highest BCUT2D eigenvalue weighted by molar-refractivity contribution is 5.55. The molecular formula is C14H20F2N2O2. The number of aromatic nitrogens is 2. The largest absolute Gasteiger partial charge is 0.356 e. The van der Waals surface area contributed by atoms with E-state index in [0.717, 1.165) is 11.3 Å². The van der Waals surface area contributed by atoms with Crippen LogP contribution in [0.5, 0.6) is 0 Å². The first-order valence-corrected chi connectivity index (χ1v) is 6.61. The van der Waals surface area contributed by atoms with Crippen LogP contribution in [0.1, 0.15) is 36.7 Å². The second-order valence-corrected chi connectivity index (χ2v) is 5.13. The van der Waals surface area contributed by atoms with Crippen LogP contribution in [0.2, 0.25) is 0 Å². The van der Waals surface area contributed by atoms with Crippen LogP contribution in [0.4, 0.5) is 8.78 Å². The van der Waals surface area contributed by atoms with Crippen LogP contribution in [0.15, 0.2) is 6.58 Å². The summed E-state index contributed by atoms with van der Waals surface area (Å²) in [5.41, 5.74) is 1.09. The summed E-state index contributed by atoms with van der Waals surface area (Å²) in [4.78, 5) is 0. The van der Waals surface area contributed by atoms with E-state index >= 15 is 0 Å². The van der Waals surface area contributed by atoms with Crippen molar-refractivity contribution in [1.29, 1.82) is 0 Å². The molecule has 112 valence electrons. The predicted octanol–water partition coefficient (Wildman–Crippen LogP) is 3.01. The fourth-order valence-electron chi connectivity index (χ4n) is 2.56. The summed E-state index contributed by atoms with van der Waals surface area (Å²) in [6, 6.07) is 0. The van der Waals surface area contributed by atoms with Crippen molar-refractivity contribution in [2.24, 2.45) is 7.05 Å². The second-order valence-electron chi connectivity index (χ2n) is 5.13. The summed E-state index contributed by atoms with van der Waals surface area (Å²) >= 11 is 0. The van der Waals surface area contributed by atoms with Gasteiger partial charge < -0.3 is 9.47 Å². The average molecular weight is 286 g/mol. The second kappa shape index (κ2) is 5.26. The molecule has 1 saturated carbocycles. The Morgan fingerprint density at radius 2 is 2.10 bits per heavy atom. The molecule has 1 heterocycles. The number of rotatable bonds is 6. The summed E-state index contributed by atoms with van der Waals surface area (Å²) in [6.45, 7) is 7.90. The van der Waals surface area contributed by atoms with Crippen molar-refractivity contribution in [3.8, 4) is 0 Å². The van der Waals surface area contributed by atoms with Gasteiger partial charge in [0.2, 0.25) is 0 Å². The zero-order chi connectivity index (χ0) is 15.0. The van der Waals surface area contributed by atoms with E-state index in [1.165, 1.54) is 0 Å². The fraction of sp³-hybridized carbons (Fsp3) is 0.643. The maximum absolute atomic E-state index is 13.4. The molecule has 0 bridgehead atoms. The van der Waals surface area contributed by atoms with Crippen LogP contribution in [0, 0.1) is 6.92 Å². The molecule has 0 N–H and O–H groups in total. The van der Waals surface area contributed by atoms with E-state index in [0.29, 0.717) is 12.3 Å². The molecule has 0 radical (unpaired) electrons. The highest BCUT2D eigenvalue weighted by Gasteiger charge is 2.60. The van der Waals surface area contributed by atoms with E-state index in [-0.39, 0.29) is 19.6 Å². The highest BCUT2D eigenvalue weighted by atomic mass is 19.3. The van der Waals surface area contributed by atoms with Crippen molar-refractivity contribution in [2.45, 2.75) is 38.2 Å². The third-order valence-electron chi connectivity index (χ3n) is 3.73. The van der Waals surface area contributed by atoms with Gasteiger partial charge in [0.1, 0.15) is 18.1 Å². The Kier molecular flexibility index (Phi) is 3.97. The standard InChI is InChI=1S/C14H20F2N2O2/c1-5-11-10(3)18(4)17-12(11)13(20-9-19-6-2)7-14(15,16)8-13/h5H,1,6-9H2,2-4H3. The van der Waals surface area contributed by atoms with Gasteiger partial charge in [-0.05, 0) is 13.8 Å². The number of hydrogen-bond donors (Lipinski definition) is 0. The van der Waals surface area contributed by atoms with Gasteiger partial charge in [0.05, 0.1) is 0 Å². The van der Waals surface area contributed by atoms with Gasteiger partial charge in [-0.15, -0.1) is 0 Å². The number of alkyl halides is 2. The van der Waals surface area contributed by atoms with Gasteiger partial charge >= 0.3 is 0 Å². The Balaban J connectivity index is 2.33. The van der Waals surface area contributed by atoms with E-state index in [9.17, 15) is 8.78 Å². The van der Waals surface area contributed by atoms with Crippen LogP contribution in [0.25, 0.3) is 6.08 Å². The molecule has 0 spiro atoms. The maximum atomic E-state index is 13.4. The molecule has 20 heavy (non-hydrogen) atoms. The lowest BCUT2D eigenvalue weighted by molar-refractivity contribution is -0.264. The third kappa shape index (κ3) is 2.50. The first-order chi connectivity index (χ1) is 9.35. The van der Waals surface area contributed by atoms with Gasteiger partial charge in [0.15, 0.2) is 0 Å². The third-order valence-corrected chi connectivity index (χ3v) is 3.73. The quantitative estimate of drug-likeness (QED) is 0.596. The fourth-order valence-corrected chi connectivity index (χ4v) is 2.56. The smallest absolute Gasteiger partial charge is 0.254 e. The average Bonchev–Trinajstić information content (AvgIpc) is 2.63. The first kappa shape index (κ1) is 15.1. The Morgan fingerprint density at radius 1 is 1.45 bits per heavy atom. The van der Waals surface area contributed by atoms with Crippen molar-refractivity contribution in [2.75, 3.05) is 13.4 Å². The lowest BCUT2D eigenvalue weighted by Gasteiger charge is -2.45. The van der Waals surface area contributed by atoms with Gasteiger partial charge in [-0.2, -0.15) is 5.10 Å².